The molecular formula is C24H19FN2O5S. The van der Waals surface area contributed by atoms with Crippen LogP contribution in [0, 0.1) is 5.82 Å². The molecule has 168 valence electrons. The summed E-state index contributed by atoms with van der Waals surface area (Å²) in [6.45, 7) is 3.76. The minimum absolute atomic E-state index is 0.161. The largest absolute Gasteiger partial charge is 0.463 e. The lowest BCUT2D eigenvalue weighted by molar-refractivity contribution is -0.139. The summed E-state index contributed by atoms with van der Waals surface area (Å²) in [4.78, 5) is 31.3. The van der Waals surface area contributed by atoms with Gasteiger partial charge in [-0.2, -0.15) is 0 Å². The van der Waals surface area contributed by atoms with Crippen molar-refractivity contribution in [2.75, 3.05) is 13.4 Å². The number of thiazole rings is 1. The molecule has 1 aromatic heterocycles. The third kappa shape index (κ3) is 3.74. The number of halogens is 1. The zero-order valence-corrected chi connectivity index (χ0v) is 18.6. The number of ether oxygens (including phenoxy) is 3. The highest BCUT2D eigenvalue weighted by Gasteiger charge is 2.33. The first-order chi connectivity index (χ1) is 16.0. The molecule has 0 saturated carbocycles. The molecule has 0 N–H and O–H groups in total. The summed E-state index contributed by atoms with van der Waals surface area (Å²) in [5, 5.41) is 0. The van der Waals surface area contributed by atoms with E-state index >= 15 is 0 Å². The topological polar surface area (TPSA) is 79.1 Å². The molecule has 0 radical (unpaired) electrons. The summed E-state index contributed by atoms with van der Waals surface area (Å²) in [7, 11) is 0. The second kappa shape index (κ2) is 8.32. The van der Waals surface area contributed by atoms with Crippen LogP contribution in [0.25, 0.3) is 6.08 Å². The Balaban J connectivity index is 1.69. The van der Waals surface area contributed by atoms with E-state index in [0.29, 0.717) is 32.1 Å². The average molecular weight is 466 g/mol. The van der Waals surface area contributed by atoms with Crippen LogP contribution < -0.4 is 24.4 Å². The first kappa shape index (κ1) is 21.1. The van der Waals surface area contributed by atoms with Crippen molar-refractivity contribution in [3.05, 3.63) is 90.4 Å². The maximum Gasteiger partial charge on any atom is 0.338 e. The first-order valence-electron chi connectivity index (χ1n) is 10.3. The van der Waals surface area contributed by atoms with Crippen molar-refractivity contribution in [3.8, 4) is 11.5 Å². The van der Waals surface area contributed by atoms with Crippen LogP contribution in [0.3, 0.4) is 0 Å². The molecule has 2 aliphatic heterocycles. The molecular weight excluding hydrogens is 447 g/mol. The Kier molecular flexibility index (Phi) is 5.33. The van der Waals surface area contributed by atoms with E-state index in [2.05, 4.69) is 4.99 Å². The minimum Gasteiger partial charge on any atom is -0.463 e. The summed E-state index contributed by atoms with van der Waals surface area (Å²) in [5.41, 5.74) is 1.76. The van der Waals surface area contributed by atoms with Gasteiger partial charge >= 0.3 is 5.97 Å². The Labute approximate surface area is 191 Å². The van der Waals surface area contributed by atoms with E-state index in [1.54, 1.807) is 44.2 Å². The van der Waals surface area contributed by atoms with Crippen LogP contribution >= 0.6 is 11.3 Å². The first-order valence-corrected chi connectivity index (χ1v) is 11.1. The van der Waals surface area contributed by atoms with Gasteiger partial charge in [0.2, 0.25) is 6.79 Å². The van der Waals surface area contributed by atoms with Crippen molar-refractivity contribution in [1.29, 1.82) is 0 Å². The van der Waals surface area contributed by atoms with Crippen LogP contribution in [0.2, 0.25) is 0 Å². The van der Waals surface area contributed by atoms with E-state index < -0.39 is 17.8 Å². The number of hydrogen-bond donors (Lipinski definition) is 0. The zero-order valence-electron chi connectivity index (χ0n) is 17.8. The fourth-order valence-electron chi connectivity index (χ4n) is 3.91. The maximum atomic E-state index is 13.6. The second-order valence-electron chi connectivity index (χ2n) is 7.47. The third-order valence-electron chi connectivity index (χ3n) is 5.40. The Morgan fingerprint density at radius 2 is 2.00 bits per heavy atom. The smallest absolute Gasteiger partial charge is 0.338 e. The molecule has 3 aromatic rings. The molecule has 7 nitrogen and oxygen atoms in total. The molecule has 0 spiro atoms. The highest BCUT2D eigenvalue weighted by molar-refractivity contribution is 7.07. The van der Waals surface area contributed by atoms with E-state index in [4.69, 9.17) is 14.2 Å². The lowest BCUT2D eigenvalue weighted by atomic mass is 9.96. The SMILES string of the molecule is CCOC(=O)C1=C(C)N=c2s/c(=C\c3ccc4c(c3)OCO4)c(=O)n2C1c1ccc(F)cc1. The van der Waals surface area contributed by atoms with Gasteiger partial charge in [0.1, 0.15) is 5.82 Å². The van der Waals surface area contributed by atoms with Crippen LogP contribution in [0.15, 0.2) is 63.5 Å². The number of benzene rings is 2. The van der Waals surface area contributed by atoms with Crippen LogP contribution in [0.4, 0.5) is 4.39 Å². The number of hydrogen-bond acceptors (Lipinski definition) is 7. The number of aromatic nitrogens is 1. The fourth-order valence-corrected chi connectivity index (χ4v) is 4.95. The van der Waals surface area contributed by atoms with Gasteiger partial charge in [0, 0.05) is 0 Å². The summed E-state index contributed by atoms with van der Waals surface area (Å²) >= 11 is 1.22. The molecule has 0 aliphatic carbocycles. The van der Waals surface area contributed by atoms with Crippen molar-refractivity contribution in [1.82, 2.24) is 4.57 Å². The Bertz CT molecular complexity index is 1470. The molecule has 2 aromatic carbocycles. The highest BCUT2D eigenvalue weighted by atomic mass is 32.1. The van der Waals surface area contributed by atoms with Gasteiger partial charge in [-0.15, -0.1) is 0 Å². The van der Waals surface area contributed by atoms with E-state index in [-0.39, 0.29) is 24.5 Å². The Morgan fingerprint density at radius 3 is 2.76 bits per heavy atom. The predicted molar refractivity (Wildman–Crippen MR) is 119 cm³/mol. The Hall–Kier alpha value is -3.72. The van der Waals surface area contributed by atoms with Crippen molar-refractivity contribution >= 4 is 23.4 Å². The lowest BCUT2D eigenvalue weighted by Crippen LogP contribution is -2.39. The number of carbonyl (C=O) groups is 1. The molecule has 0 bridgehead atoms. The number of esters is 1. The standard InChI is InChI=1S/C24H19FN2O5S/c1-3-30-23(29)20-13(2)26-24-27(21(20)15-5-7-16(25)8-6-15)22(28)19(33-24)11-14-4-9-17-18(10-14)32-12-31-17/h4-11,21H,3,12H2,1-2H3/b19-11-. The minimum atomic E-state index is -0.778. The van der Waals surface area contributed by atoms with Gasteiger partial charge in [-0.25, -0.2) is 14.2 Å². The lowest BCUT2D eigenvalue weighted by Gasteiger charge is -2.24. The third-order valence-corrected chi connectivity index (χ3v) is 6.38. The van der Waals surface area contributed by atoms with Gasteiger partial charge in [-0.05, 0) is 55.3 Å². The van der Waals surface area contributed by atoms with Crippen LogP contribution in [-0.2, 0) is 9.53 Å². The van der Waals surface area contributed by atoms with Gasteiger partial charge in [0.05, 0.1) is 28.5 Å². The van der Waals surface area contributed by atoms with Crippen LogP contribution in [0.1, 0.15) is 31.0 Å². The normalized spacial score (nSPS) is 17.1. The van der Waals surface area contributed by atoms with E-state index in [9.17, 15) is 14.0 Å². The molecule has 33 heavy (non-hydrogen) atoms. The number of carbonyl (C=O) groups excluding carboxylic acids is 1. The van der Waals surface area contributed by atoms with Gasteiger partial charge in [-0.3, -0.25) is 9.36 Å². The molecule has 0 amide bonds. The van der Waals surface area contributed by atoms with Crippen molar-refractivity contribution in [2.45, 2.75) is 19.9 Å². The number of nitrogens with zero attached hydrogens (tertiary/aromatic N) is 2. The van der Waals surface area contributed by atoms with E-state index in [1.807, 2.05) is 6.07 Å². The highest BCUT2D eigenvalue weighted by Crippen LogP contribution is 2.33. The van der Waals surface area contributed by atoms with Gasteiger partial charge < -0.3 is 14.2 Å². The van der Waals surface area contributed by atoms with Gasteiger partial charge in [-0.1, -0.05) is 29.5 Å². The molecule has 0 saturated heterocycles. The van der Waals surface area contributed by atoms with Crippen LogP contribution in [-0.4, -0.2) is 23.9 Å². The maximum absolute atomic E-state index is 13.6. The van der Waals surface area contributed by atoms with Crippen molar-refractivity contribution in [3.63, 3.8) is 0 Å². The van der Waals surface area contributed by atoms with Crippen molar-refractivity contribution < 1.29 is 23.4 Å². The summed E-state index contributed by atoms with van der Waals surface area (Å²) in [6.07, 6.45) is 1.75. The zero-order chi connectivity index (χ0) is 23.1. The molecule has 0 fully saturated rings. The molecule has 9 heteroatoms. The molecule has 1 atom stereocenters. The predicted octanol–water partition coefficient (Wildman–Crippen LogP) is 2.67. The monoisotopic (exact) mass is 466 g/mol. The Morgan fingerprint density at radius 1 is 1.24 bits per heavy atom. The van der Waals surface area contributed by atoms with Gasteiger partial charge in [0.15, 0.2) is 16.3 Å². The average Bonchev–Trinajstić information content (AvgIpc) is 3.37. The van der Waals surface area contributed by atoms with Gasteiger partial charge in [0.25, 0.3) is 5.56 Å². The van der Waals surface area contributed by atoms with E-state index in [1.165, 1.54) is 28.0 Å². The summed E-state index contributed by atoms with van der Waals surface area (Å²) in [6, 6.07) is 10.4. The van der Waals surface area contributed by atoms with E-state index in [0.717, 1.165) is 5.56 Å². The number of rotatable bonds is 4. The summed E-state index contributed by atoms with van der Waals surface area (Å²) in [5.74, 6) is 0.297. The fraction of sp³-hybridized carbons (Fsp3) is 0.208. The number of fused-ring (bicyclic) bond motifs is 2. The summed E-state index contributed by atoms with van der Waals surface area (Å²) < 4.78 is 31.5. The van der Waals surface area contributed by atoms with Crippen LogP contribution in [0.5, 0.6) is 11.5 Å². The molecule has 2 aliphatic rings. The molecule has 3 heterocycles. The van der Waals surface area contributed by atoms with Crippen molar-refractivity contribution in [2.24, 2.45) is 4.99 Å². The molecule has 1 unspecified atom stereocenters. The quantitative estimate of drug-likeness (QED) is 0.553. The number of allylic oxidation sites excluding steroid dienone is 1. The second-order valence-corrected chi connectivity index (χ2v) is 8.48. The molecule has 5 rings (SSSR count).